The fraction of sp³-hybridized carbons (Fsp3) is 0.667. The summed E-state index contributed by atoms with van der Waals surface area (Å²) in [4.78, 5) is 11.5. The molecule has 0 amide bonds. The predicted molar refractivity (Wildman–Crippen MR) is 94.0 cm³/mol. The Morgan fingerprint density at radius 2 is 2.48 bits per heavy atom. The van der Waals surface area contributed by atoms with Crippen LogP contribution >= 0.6 is 16.6 Å². The van der Waals surface area contributed by atoms with E-state index in [9.17, 15) is 4.79 Å². The predicted octanol–water partition coefficient (Wildman–Crippen LogP) is 1.98. The minimum Gasteiger partial charge on any atom is -0.455 e. The van der Waals surface area contributed by atoms with E-state index in [1.54, 1.807) is 6.08 Å². The third-order valence-electron chi connectivity index (χ3n) is 4.17. The lowest BCUT2D eigenvalue weighted by molar-refractivity contribution is -0.138. The van der Waals surface area contributed by atoms with Gasteiger partial charge in [0, 0.05) is 18.4 Å². The van der Waals surface area contributed by atoms with E-state index in [0.29, 0.717) is 19.3 Å². The Morgan fingerprint density at radius 3 is 3.13 bits per heavy atom. The first-order valence-corrected chi connectivity index (χ1v) is 10.7. The minimum atomic E-state index is -1.11. The standard InChI is InChI=1S/C15H23BO5P2/c1-2-9(17)3-4-10(18)5-6-11-12-7-15(19)20-13(12)8-14(11)21-23(16)22/h5-7,9-11,13-14,17-18H,2-4,8,22H2,1H3/t9?,10?,11?,13-,14+,23?/m0/s1/i17T,18T. The zero-order valence-corrected chi connectivity index (χ0v) is 15.1. The van der Waals surface area contributed by atoms with Crippen molar-refractivity contribution < 1.29 is 24.3 Å². The second-order valence-electron chi connectivity index (χ2n) is 5.87. The molecule has 8 heteroatoms. The first kappa shape index (κ1) is 16.2. The quantitative estimate of drug-likeness (QED) is 0.270. The summed E-state index contributed by atoms with van der Waals surface area (Å²) >= 11 is 0. The molecule has 0 saturated heterocycles. The van der Waals surface area contributed by atoms with E-state index in [4.69, 9.17) is 24.8 Å². The zero-order chi connectivity index (χ0) is 18.4. The number of ether oxygens (including phenoxy) is 1. The summed E-state index contributed by atoms with van der Waals surface area (Å²) in [6.45, 7) is 1.95. The molecule has 1 heterocycles. The SMILES string of the molecule is [3H]OC(C=CC1C2=CC(=O)O[C@H]2C[C@H]1OP([B])P)CCC(CC)O[3H]. The summed E-state index contributed by atoms with van der Waals surface area (Å²) in [5.41, 5.74) is 0.887. The summed E-state index contributed by atoms with van der Waals surface area (Å²) < 4.78 is 25.3. The van der Waals surface area contributed by atoms with Gasteiger partial charge in [-0.1, -0.05) is 28.0 Å². The average molecular weight is 360 g/mol. The van der Waals surface area contributed by atoms with E-state index in [2.05, 4.69) is 14.0 Å². The van der Waals surface area contributed by atoms with Crippen molar-refractivity contribution in [2.75, 3.05) is 0 Å². The number of fused-ring (bicyclic) bond motifs is 1. The zero-order valence-electron chi connectivity index (χ0n) is 15.1. The molecule has 5 unspecified atom stereocenters. The van der Waals surface area contributed by atoms with E-state index < -0.39 is 13.8 Å². The van der Waals surface area contributed by atoms with Crippen molar-refractivity contribution in [3.63, 3.8) is 0 Å². The maximum atomic E-state index is 11.5. The fourth-order valence-corrected chi connectivity index (χ4v) is 3.93. The largest absolute Gasteiger partial charge is 0.455 e. The number of carbonyl (C=O) groups is 1. The number of rotatable bonds is 10. The Balaban J connectivity index is 2.03. The molecule has 0 aromatic heterocycles. The number of aliphatic hydroxyl groups excluding tert-OH is 2. The Kier molecular flexibility index (Phi) is 6.17. The molecular formula is C15H23BO5P2. The molecule has 0 aromatic carbocycles. The summed E-state index contributed by atoms with van der Waals surface area (Å²) in [7, 11) is 7.12. The molecule has 0 bridgehead atoms. The molecule has 5 nitrogen and oxygen atoms in total. The number of esters is 1. The van der Waals surface area contributed by atoms with Crippen molar-refractivity contribution in [1.29, 1.82) is 2.86 Å². The average Bonchev–Trinajstić information content (AvgIpc) is 3.06. The van der Waals surface area contributed by atoms with Crippen LogP contribution in [0.3, 0.4) is 0 Å². The van der Waals surface area contributed by atoms with Crippen LogP contribution in [-0.4, -0.2) is 51.0 Å². The van der Waals surface area contributed by atoms with Gasteiger partial charge in [-0.3, -0.25) is 0 Å². The normalized spacial score (nSPS) is 32.0. The van der Waals surface area contributed by atoms with Crippen LogP contribution in [0.5, 0.6) is 0 Å². The van der Waals surface area contributed by atoms with Crippen molar-refractivity contribution in [2.24, 2.45) is 5.92 Å². The first-order chi connectivity index (χ1) is 12.0. The Hall–Kier alpha value is -0.245. The maximum Gasteiger partial charge on any atom is 0.331 e. The number of hydrogen-bond acceptors (Lipinski definition) is 5. The number of hydrogen-bond donors (Lipinski definition) is 2. The van der Waals surface area contributed by atoms with Gasteiger partial charge in [-0.05, 0) is 32.6 Å². The van der Waals surface area contributed by atoms with E-state index in [-0.39, 0.29) is 30.2 Å². The third-order valence-corrected chi connectivity index (χ3v) is 5.04. The minimum absolute atomic E-state index is 0.127. The molecule has 2 radical (unpaired) electrons. The molecule has 126 valence electrons. The number of carbonyl (C=O) groups excluding carboxylic acids is 1. The summed E-state index contributed by atoms with van der Waals surface area (Å²) in [6.07, 6.45) is 6.73. The summed E-state index contributed by atoms with van der Waals surface area (Å²) in [5, 5.41) is 9.38. The van der Waals surface area contributed by atoms with Gasteiger partial charge in [-0.25, -0.2) is 4.79 Å². The highest BCUT2D eigenvalue weighted by Crippen LogP contribution is 2.49. The van der Waals surface area contributed by atoms with Gasteiger partial charge in [0.1, 0.15) is 6.10 Å². The molecule has 0 aromatic rings. The van der Waals surface area contributed by atoms with Gasteiger partial charge in [0.2, 0.25) is 2.86 Å². The van der Waals surface area contributed by atoms with E-state index in [1.807, 2.05) is 13.0 Å². The smallest absolute Gasteiger partial charge is 0.331 e. The van der Waals surface area contributed by atoms with Crippen LogP contribution in [0.4, 0.5) is 0 Å². The van der Waals surface area contributed by atoms with Crippen LogP contribution < -0.4 is 0 Å². The lowest BCUT2D eigenvalue weighted by atomic mass is 9.98. The highest BCUT2D eigenvalue weighted by atomic mass is 32.0. The van der Waals surface area contributed by atoms with Gasteiger partial charge in [-0.2, -0.15) is 0 Å². The van der Waals surface area contributed by atoms with Crippen LogP contribution in [0.1, 0.15) is 32.6 Å². The Morgan fingerprint density at radius 1 is 1.65 bits per heavy atom. The Labute approximate surface area is 144 Å². The van der Waals surface area contributed by atoms with Crippen molar-refractivity contribution in [3.8, 4) is 0 Å². The molecule has 0 spiro atoms. The maximum absolute atomic E-state index is 11.5. The molecule has 1 aliphatic heterocycles. The van der Waals surface area contributed by atoms with Crippen LogP contribution in [0.15, 0.2) is 23.8 Å². The summed E-state index contributed by atoms with van der Waals surface area (Å²) in [6, 6.07) is 0. The van der Waals surface area contributed by atoms with Gasteiger partial charge in [0.25, 0.3) is 0 Å². The molecule has 2 N–H and O–H groups in total. The topological polar surface area (TPSA) is 76.0 Å². The highest BCUT2D eigenvalue weighted by Gasteiger charge is 2.44. The molecular weight excluding hydrogens is 333 g/mol. The van der Waals surface area contributed by atoms with Gasteiger partial charge in [0.15, 0.2) is 7.57 Å². The van der Waals surface area contributed by atoms with Crippen LogP contribution in [0.2, 0.25) is 0 Å². The monoisotopic (exact) mass is 360 g/mol. The van der Waals surface area contributed by atoms with E-state index in [1.165, 1.54) is 6.08 Å². The molecule has 1 saturated carbocycles. The van der Waals surface area contributed by atoms with Crippen molar-refractivity contribution in [2.45, 2.75) is 57.0 Å². The van der Waals surface area contributed by atoms with Gasteiger partial charge >= 0.3 is 5.97 Å². The lowest BCUT2D eigenvalue weighted by Gasteiger charge is -2.20. The molecule has 23 heavy (non-hydrogen) atoms. The van der Waals surface area contributed by atoms with Crippen LogP contribution in [-0.2, 0) is 14.1 Å². The van der Waals surface area contributed by atoms with Crippen LogP contribution in [0.25, 0.3) is 0 Å². The third kappa shape index (κ3) is 5.37. The van der Waals surface area contributed by atoms with E-state index in [0.717, 1.165) is 12.0 Å². The molecule has 2 rings (SSSR count). The van der Waals surface area contributed by atoms with Gasteiger partial charge in [0.05, 0.1) is 18.3 Å². The second kappa shape index (κ2) is 8.73. The van der Waals surface area contributed by atoms with Crippen molar-refractivity contribution in [1.82, 2.24) is 0 Å². The second-order valence-corrected chi connectivity index (χ2v) is 8.32. The summed E-state index contributed by atoms with van der Waals surface area (Å²) in [5.74, 6) is -0.456. The fourth-order valence-electron chi connectivity index (χ4n) is 2.93. The van der Waals surface area contributed by atoms with E-state index >= 15 is 0 Å². The van der Waals surface area contributed by atoms with Crippen molar-refractivity contribution >= 4 is 30.2 Å². The first-order valence-electron chi connectivity index (χ1n) is 8.60. The van der Waals surface area contributed by atoms with Crippen LogP contribution in [0, 0.1) is 5.92 Å². The van der Waals surface area contributed by atoms with Gasteiger partial charge < -0.3 is 19.5 Å². The lowest BCUT2D eigenvalue weighted by Crippen LogP contribution is -2.17. The Bertz CT molecular complexity index is 516. The van der Waals surface area contributed by atoms with Gasteiger partial charge in [-0.15, -0.1) is 0 Å². The highest BCUT2D eigenvalue weighted by molar-refractivity contribution is 8.23. The van der Waals surface area contributed by atoms with Crippen molar-refractivity contribution in [3.05, 3.63) is 23.8 Å². The molecule has 7 atom stereocenters. The molecule has 1 aliphatic carbocycles. The number of aliphatic hydroxyl groups is 2. The molecule has 2 aliphatic rings. The molecule has 1 fully saturated rings.